The van der Waals surface area contributed by atoms with Crippen molar-refractivity contribution in [2.24, 2.45) is 0 Å². The van der Waals surface area contributed by atoms with Crippen molar-refractivity contribution in [3.63, 3.8) is 0 Å². The van der Waals surface area contributed by atoms with E-state index >= 15 is 4.39 Å². The van der Waals surface area contributed by atoms with Gasteiger partial charge >= 0.3 is 0 Å². The average molecular weight is 348 g/mol. The molecule has 24 heavy (non-hydrogen) atoms. The lowest BCUT2D eigenvalue weighted by Crippen LogP contribution is -2.32. The highest BCUT2D eigenvalue weighted by Crippen LogP contribution is 2.36. The Bertz CT molecular complexity index is 853. The maximum atomic E-state index is 15.1. The van der Waals surface area contributed by atoms with E-state index in [9.17, 15) is 13.2 Å². The van der Waals surface area contributed by atoms with Crippen LogP contribution in [0.3, 0.4) is 0 Å². The molecule has 126 valence electrons. The van der Waals surface area contributed by atoms with Gasteiger partial charge in [-0.3, -0.25) is 4.79 Å². The molecule has 1 aliphatic heterocycles. The van der Waals surface area contributed by atoms with Gasteiger partial charge in [-0.1, -0.05) is 30.3 Å². The highest BCUT2D eigenvalue weighted by Gasteiger charge is 2.41. The second-order valence-corrected chi connectivity index (χ2v) is 7.93. The monoisotopic (exact) mass is 348 g/mol. The van der Waals surface area contributed by atoms with E-state index in [1.54, 1.807) is 24.3 Å². The molecule has 0 spiro atoms. The summed E-state index contributed by atoms with van der Waals surface area (Å²) >= 11 is 0. The first-order valence-electron chi connectivity index (χ1n) is 7.49. The molecule has 0 saturated carbocycles. The first-order valence-corrected chi connectivity index (χ1v) is 9.39. The van der Waals surface area contributed by atoms with Gasteiger partial charge in [0.05, 0.1) is 12.1 Å². The molecule has 1 aliphatic rings. The molecule has 1 fully saturated rings. The number of sulfone groups is 1. The van der Waals surface area contributed by atoms with Crippen molar-refractivity contribution in [1.29, 1.82) is 0 Å². The number of benzene rings is 1. The minimum Gasteiger partial charge on any atom is -0.335 e. The number of nitrogens with zero attached hydrogens (tertiary/aromatic N) is 2. The predicted molar refractivity (Wildman–Crippen MR) is 87.1 cm³/mol. The number of likely N-dealkylation sites (tertiary alicyclic amines) is 1. The van der Waals surface area contributed by atoms with Gasteiger partial charge < -0.3 is 4.90 Å². The molecule has 2 aromatic rings. The molecule has 3 rings (SSSR count). The largest absolute Gasteiger partial charge is 0.335 e. The number of carbonyl (C=O) groups is 1. The SMILES string of the molecule is CS(=O)(=O)c1ccc(C(=O)N2CCC(F)(c3ccccc3)C2)cn1. The number of rotatable bonds is 3. The molecule has 1 aromatic heterocycles. The van der Waals surface area contributed by atoms with Crippen molar-refractivity contribution in [3.8, 4) is 0 Å². The van der Waals surface area contributed by atoms with E-state index in [1.165, 1.54) is 23.2 Å². The molecule has 7 heteroatoms. The van der Waals surface area contributed by atoms with Gasteiger partial charge in [0.1, 0.15) is 0 Å². The molecular weight excluding hydrogens is 331 g/mol. The molecule has 1 saturated heterocycles. The normalized spacial score (nSPS) is 21.0. The number of amides is 1. The number of carbonyl (C=O) groups excluding carboxylic acids is 1. The highest BCUT2D eigenvalue weighted by atomic mass is 32.2. The van der Waals surface area contributed by atoms with Crippen molar-refractivity contribution in [2.75, 3.05) is 19.3 Å². The van der Waals surface area contributed by atoms with Gasteiger partial charge in [0.25, 0.3) is 5.91 Å². The third-order valence-corrected chi connectivity index (χ3v) is 5.16. The summed E-state index contributed by atoms with van der Waals surface area (Å²) in [5.41, 5.74) is -0.748. The van der Waals surface area contributed by atoms with Crippen LogP contribution in [-0.4, -0.2) is 43.6 Å². The zero-order valence-electron chi connectivity index (χ0n) is 13.1. The van der Waals surface area contributed by atoms with Crippen LogP contribution in [0, 0.1) is 0 Å². The van der Waals surface area contributed by atoms with Crippen LogP contribution in [0.5, 0.6) is 0 Å². The first-order chi connectivity index (χ1) is 11.3. The second kappa shape index (κ2) is 5.98. The maximum absolute atomic E-state index is 15.1. The summed E-state index contributed by atoms with van der Waals surface area (Å²) in [6, 6.07) is 11.5. The van der Waals surface area contributed by atoms with Crippen molar-refractivity contribution in [2.45, 2.75) is 17.1 Å². The van der Waals surface area contributed by atoms with Crippen LogP contribution < -0.4 is 0 Å². The van der Waals surface area contributed by atoms with Gasteiger partial charge in [0.15, 0.2) is 20.5 Å². The van der Waals surface area contributed by atoms with Gasteiger partial charge in [-0.05, 0) is 17.7 Å². The molecule has 0 N–H and O–H groups in total. The summed E-state index contributed by atoms with van der Waals surface area (Å²) in [6.45, 7) is 0.279. The van der Waals surface area contributed by atoms with Gasteiger partial charge in [-0.2, -0.15) is 0 Å². The Hall–Kier alpha value is -2.28. The van der Waals surface area contributed by atoms with Crippen molar-refractivity contribution < 1.29 is 17.6 Å². The third-order valence-electron chi connectivity index (χ3n) is 4.16. The van der Waals surface area contributed by atoms with Crippen LogP contribution in [0.4, 0.5) is 4.39 Å². The number of aromatic nitrogens is 1. The first kappa shape index (κ1) is 16.6. The summed E-state index contributed by atoms with van der Waals surface area (Å²) < 4.78 is 37.9. The van der Waals surface area contributed by atoms with E-state index in [0.29, 0.717) is 12.1 Å². The van der Waals surface area contributed by atoms with Crippen molar-refractivity contribution in [3.05, 3.63) is 59.8 Å². The maximum Gasteiger partial charge on any atom is 0.255 e. The highest BCUT2D eigenvalue weighted by molar-refractivity contribution is 7.90. The standard InChI is InChI=1S/C17H17FN2O3S/c1-24(22,23)15-8-7-13(11-19-15)16(21)20-10-9-17(18,12-20)14-5-3-2-4-6-14/h2-8,11H,9-10,12H2,1H3. The lowest BCUT2D eigenvalue weighted by Gasteiger charge is -2.21. The predicted octanol–water partition coefficient (Wildman–Crippen LogP) is 2.20. The minimum atomic E-state index is -3.41. The zero-order valence-corrected chi connectivity index (χ0v) is 14.0. The second-order valence-electron chi connectivity index (χ2n) is 5.97. The fourth-order valence-corrected chi connectivity index (χ4v) is 3.39. The third kappa shape index (κ3) is 3.17. The van der Waals surface area contributed by atoms with Crippen molar-refractivity contribution in [1.82, 2.24) is 9.88 Å². The molecule has 0 radical (unpaired) electrons. The van der Waals surface area contributed by atoms with E-state index in [-0.39, 0.29) is 29.5 Å². The Kier molecular flexibility index (Phi) is 4.13. The van der Waals surface area contributed by atoms with E-state index < -0.39 is 15.5 Å². The van der Waals surface area contributed by atoms with E-state index in [0.717, 1.165) is 6.26 Å². The zero-order chi connectivity index (χ0) is 17.4. The Morgan fingerprint density at radius 1 is 1.21 bits per heavy atom. The molecule has 1 unspecified atom stereocenters. The van der Waals surface area contributed by atoms with Crippen LogP contribution in [0.25, 0.3) is 0 Å². The van der Waals surface area contributed by atoms with Gasteiger partial charge in [0, 0.05) is 25.4 Å². The fraction of sp³-hybridized carbons (Fsp3) is 0.294. The molecule has 1 aromatic carbocycles. The molecule has 1 atom stereocenters. The Balaban J connectivity index is 1.77. The number of alkyl halides is 1. The number of hydrogen-bond donors (Lipinski definition) is 0. The van der Waals surface area contributed by atoms with Crippen LogP contribution in [-0.2, 0) is 15.5 Å². The lowest BCUT2D eigenvalue weighted by atomic mass is 9.95. The number of halogens is 1. The summed E-state index contributed by atoms with van der Waals surface area (Å²) in [7, 11) is -3.41. The number of hydrogen-bond acceptors (Lipinski definition) is 4. The summed E-state index contributed by atoms with van der Waals surface area (Å²) in [4.78, 5) is 17.7. The van der Waals surface area contributed by atoms with Crippen LogP contribution in [0.1, 0.15) is 22.3 Å². The Morgan fingerprint density at radius 3 is 2.50 bits per heavy atom. The van der Waals surface area contributed by atoms with E-state index in [1.807, 2.05) is 6.07 Å². The quantitative estimate of drug-likeness (QED) is 0.853. The number of pyridine rings is 1. The topological polar surface area (TPSA) is 67.3 Å². The molecular formula is C17H17FN2O3S. The fourth-order valence-electron chi connectivity index (χ4n) is 2.83. The van der Waals surface area contributed by atoms with E-state index in [4.69, 9.17) is 0 Å². The van der Waals surface area contributed by atoms with Gasteiger partial charge in [-0.25, -0.2) is 17.8 Å². The Morgan fingerprint density at radius 2 is 1.92 bits per heavy atom. The Labute approximate surface area is 140 Å². The molecule has 2 heterocycles. The van der Waals surface area contributed by atoms with E-state index in [2.05, 4.69) is 4.98 Å². The van der Waals surface area contributed by atoms with Crippen LogP contribution in [0.2, 0.25) is 0 Å². The lowest BCUT2D eigenvalue weighted by molar-refractivity contribution is 0.0750. The summed E-state index contributed by atoms with van der Waals surface area (Å²) in [6.07, 6.45) is 2.51. The van der Waals surface area contributed by atoms with Crippen molar-refractivity contribution >= 4 is 15.7 Å². The minimum absolute atomic E-state index is 0.0241. The van der Waals surface area contributed by atoms with Gasteiger partial charge in [0.2, 0.25) is 0 Å². The van der Waals surface area contributed by atoms with Crippen LogP contribution >= 0.6 is 0 Å². The smallest absolute Gasteiger partial charge is 0.255 e. The molecule has 0 bridgehead atoms. The average Bonchev–Trinajstić information content (AvgIpc) is 2.98. The summed E-state index contributed by atoms with van der Waals surface area (Å²) in [5.74, 6) is -0.349. The molecule has 1 amide bonds. The molecule has 5 nitrogen and oxygen atoms in total. The van der Waals surface area contributed by atoms with Gasteiger partial charge in [-0.15, -0.1) is 0 Å². The summed E-state index contributed by atoms with van der Waals surface area (Å²) in [5, 5.41) is -0.0930. The molecule has 0 aliphatic carbocycles. The van der Waals surface area contributed by atoms with Crippen LogP contribution in [0.15, 0.2) is 53.7 Å².